The van der Waals surface area contributed by atoms with E-state index < -0.39 is 0 Å². The zero-order valence-electron chi connectivity index (χ0n) is 9.42. The molecule has 3 heteroatoms. The van der Waals surface area contributed by atoms with Crippen LogP contribution in [0.25, 0.3) is 0 Å². The van der Waals surface area contributed by atoms with Gasteiger partial charge in [0.25, 0.3) is 0 Å². The summed E-state index contributed by atoms with van der Waals surface area (Å²) in [7, 11) is 0. The molecule has 2 aromatic rings. The zero-order chi connectivity index (χ0) is 11.4. The molecule has 0 N–H and O–H groups in total. The Kier molecular flexibility index (Phi) is 3.15. The minimum Gasteiger partial charge on any atom is -0.470 e. The lowest BCUT2D eigenvalue weighted by Crippen LogP contribution is -2.04. The van der Waals surface area contributed by atoms with Crippen molar-refractivity contribution in [2.24, 2.45) is 0 Å². The van der Waals surface area contributed by atoms with Crippen molar-refractivity contribution in [2.45, 2.75) is 20.0 Å². The molecule has 82 valence electrons. The maximum atomic E-state index is 5.74. The molecule has 16 heavy (non-hydrogen) atoms. The van der Waals surface area contributed by atoms with Crippen LogP contribution in [0.4, 0.5) is 0 Å². The van der Waals surface area contributed by atoms with Crippen molar-refractivity contribution in [1.29, 1.82) is 0 Å². The largest absolute Gasteiger partial charge is 0.470 e. The first-order valence-corrected chi connectivity index (χ1v) is 5.25. The van der Waals surface area contributed by atoms with E-state index in [0.717, 1.165) is 11.1 Å². The number of rotatable bonds is 3. The van der Waals surface area contributed by atoms with Crippen LogP contribution in [0, 0.1) is 6.92 Å². The number of aryl methyl sites for hydroxylation is 1. The van der Waals surface area contributed by atoms with E-state index >= 15 is 0 Å². The molecule has 0 aliphatic carbocycles. The zero-order valence-corrected chi connectivity index (χ0v) is 9.42. The second-order valence-electron chi connectivity index (χ2n) is 3.71. The number of hydrogen-bond acceptors (Lipinski definition) is 3. The van der Waals surface area contributed by atoms with Gasteiger partial charge in [0.2, 0.25) is 5.88 Å². The minimum absolute atomic E-state index is 0.0164. The third kappa shape index (κ3) is 2.57. The predicted molar refractivity (Wildman–Crippen MR) is 62.3 cm³/mol. The van der Waals surface area contributed by atoms with Crippen molar-refractivity contribution >= 4 is 0 Å². The molecule has 1 unspecified atom stereocenters. The first kappa shape index (κ1) is 10.6. The van der Waals surface area contributed by atoms with E-state index in [-0.39, 0.29) is 6.10 Å². The van der Waals surface area contributed by atoms with Gasteiger partial charge in [0.1, 0.15) is 6.10 Å². The van der Waals surface area contributed by atoms with Crippen molar-refractivity contribution in [3.63, 3.8) is 0 Å². The van der Waals surface area contributed by atoms with Gasteiger partial charge in [0.15, 0.2) is 0 Å². The molecule has 1 atom stereocenters. The third-order valence-electron chi connectivity index (χ3n) is 2.36. The Morgan fingerprint density at radius 3 is 2.56 bits per heavy atom. The minimum atomic E-state index is -0.0164. The summed E-state index contributed by atoms with van der Waals surface area (Å²) in [6.07, 6.45) is 5.26. The standard InChI is InChI=1S/C13H14N2O/c1-10-3-8-15-13(9-10)16-11(2)12-4-6-14-7-5-12/h3-9,11H,1-2H3. The molecule has 0 saturated heterocycles. The fraction of sp³-hybridized carbons (Fsp3) is 0.231. The molecule has 0 aliphatic rings. The Hall–Kier alpha value is -1.90. The molecule has 0 bridgehead atoms. The second kappa shape index (κ2) is 4.75. The normalized spacial score (nSPS) is 12.1. The monoisotopic (exact) mass is 214 g/mol. The quantitative estimate of drug-likeness (QED) is 0.788. The maximum absolute atomic E-state index is 5.74. The number of hydrogen-bond donors (Lipinski definition) is 0. The average Bonchev–Trinajstić information content (AvgIpc) is 2.30. The van der Waals surface area contributed by atoms with Gasteiger partial charge in [-0.25, -0.2) is 4.98 Å². The summed E-state index contributed by atoms with van der Waals surface area (Å²) in [5, 5.41) is 0. The first-order chi connectivity index (χ1) is 7.75. The van der Waals surface area contributed by atoms with Crippen LogP contribution in [-0.2, 0) is 0 Å². The Morgan fingerprint density at radius 1 is 1.12 bits per heavy atom. The van der Waals surface area contributed by atoms with Gasteiger partial charge in [0.05, 0.1) is 0 Å². The molecule has 0 fully saturated rings. The van der Waals surface area contributed by atoms with E-state index in [1.54, 1.807) is 18.6 Å². The van der Waals surface area contributed by atoms with E-state index in [1.165, 1.54) is 0 Å². The SMILES string of the molecule is Cc1ccnc(OC(C)c2ccncc2)c1. The van der Waals surface area contributed by atoms with E-state index in [2.05, 4.69) is 9.97 Å². The van der Waals surface area contributed by atoms with Crippen LogP contribution in [-0.4, -0.2) is 9.97 Å². The third-order valence-corrected chi connectivity index (χ3v) is 2.36. The van der Waals surface area contributed by atoms with Crippen LogP contribution >= 0.6 is 0 Å². The van der Waals surface area contributed by atoms with Crippen molar-refractivity contribution in [1.82, 2.24) is 9.97 Å². The molecule has 0 aromatic carbocycles. The van der Waals surface area contributed by atoms with Gasteiger partial charge in [0, 0.05) is 24.7 Å². The van der Waals surface area contributed by atoms with Gasteiger partial charge in [-0.15, -0.1) is 0 Å². The molecule has 3 nitrogen and oxygen atoms in total. The summed E-state index contributed by atoms with van der Waals surface area (Å²) in [6, 6.07) is 7.77. The van der Waals surface area contributed by atoms with Gasteiger partial charge in [-0.1, -0.05) is 0 Å². The smallest absolute Gasteiger partial charge is 0.214 e. The highest BCUT2D eigenvalue weighted by atomic mass is 16.5. The van der Waals surface area contributed by atoms with Gasteiger partial charge < -0.3 is 4.74 Å². The van der Waals surface area contributed by atoms with Crippen molar-refractivity contribution < 1.29 is 4.74 Å². The second-order valence-corrected chi connectivity index (χ2v) is 3.71. The van der Waals surface area contributed by atoms with Gasteiger partial charge >= 0.3 is 0 Å². The first-order valence-electron chi connectivity index (χ1n) is 5.25. The van der Waals surface area contributed by atoms with Crippen molar-refractivity contribution in [3.05, 3.63) is 54.0 Å². The average molecular weight is 214 g/mol. The van der Waals surface area contributed by atoms with E-state index in [0.29, 0.717) is 5.88 Å². The van der Waals surface area contributed by atoms with Gasteiger partial charge in [-0.3, -0.25) is 4.98 Å². The highest BCUT2D eigenvalue weighted by Gasteiger charge is 2.07. The summed E-state index contributed by atoms with van der Waals surface area (Å²) in [6.45, 7) is 4.02. The number of nitrogens with zero attached hydrogens (tertiary/aromatic N) is 2. The Bertz CT molecular complexity index is 456. The lowest BCUT2D eigenvalue weighted by atomic mass is 10.2. The summed E-state index contributed by atoms with van der Waals surface area (Å²) < 4.78 is 5.74. The summed E-state index contributed by atoms with van der Waals surface area (Å²) in [5.74, 6) is 0.657. The topological polar surface area (TPSA) is 35.0 Å². The van der Waals surface area contributed by atoms with Crippen LogP contribution < -0.4 is 4.74 Å². The molecule has 0 radical (unpaired) electrons. The van der Waals surface area contributed by atoms with Crippen molar-refractivity contribution in [3.8, 4) is 5.88 Å². The van der Waals surface area contributed by atoms with E-state index in [9.17, 15) is 0 Å². The van der Waals surface area contributed by atoms with E-state index in [4.69, 9.17) is 4.74 Å². The molecule has 0 aliphatic heterocycles. The number of ether oxygens (including phenoxy) is 1. The van der Waals surface area contributed by atoms with Crippen LogP contribution in [0.1, 0.15) is 24.2 Å². The maximum Gasteiger partial charge on any atom is 0.214 e. The predicted octanol–water partition coefficient (Wildman–Crippen LogP) is 2.93. The molecular formula is C13H14N2O. The van der Waals surface area contributed by atoms with Crippen LogP contribution in [0.2, 0.25) is 0 Å². The van der Waals surface area contributed by atoms with Crippen LogP contribution in [0.5, 0.6) is 5.88 Å². The highest BCUT2D eigenvalue weighted by molar-refractivity contribution is 5.20. The van der Waals surface area contributed by atoms with Crippen LogP contribution in [0.3, 0.4) is 0 Å². The summed E-state index contributed by atoms with van der Waals surface area (Å²) in [4.78, 5) is 8.14. The lowest BCUT2D eigenvalue weighted by molar-refractivity contribution is 0.217. The van der Waals surface area contributed by atoms with Crippen LogP contribution in [0.15, 0.2) is 42.9 Å². The number of aromatic nitrogens is 2. The highest BCUT2D eigenvalue weighted by Crippen LogP contribution is 2.19. The molecule has 2 rings (SSSR count). The van der Waals surface area contributed by atoms with Crippen molar-refractivity contribution in [2.75, 3.05) is 0 Å². The summed E-state index contributed by atoms with van der Waals surface area (Å²) in [5.41, 5.74) is 2.24. The molecular weight excluding hydrogens is 200 g/mol. The summed E-state index contributed by atoms with van der Waals surface area (Å²) >= 11 is 0. The van der Waals surface area contributed by atoms with Gasteiger partial charge in [-0.2, -0.15) is 0 Å². The molecule has 0 spiro atoms. The molecule has 2 aromatic heterocycles. The Balaban J connectivity index is 2.11. The lowest BCUT2D eigenvalue weighted by Gasteiger charge is -2.13. The molecule has 2 heterocycles. The van der Waals surface area contributed by atoms with Gasteiger partial charge in [-0.05, 0) is 43.2 Å². The molecule has 0 amide bonds. The molecule has 0 saturated carbocycles. The Morgan fingerprint density at radius 2 is 1.88 bits per heavy atom. The Labute approximate surface area is 95.1 Å². The van der Waals surface area contributed by atoms with E-state index in [1.807, 2.05) is 38.1 Å². The fourth-order valence-corrected chi connectivity index (χ4v) is 1.46. The number of pyridine rings is 2. The fourth-order valence-electron chi connectivity index (χ4n) is 1.46.